The van der Waals surface area contributed by atoms with Crippen molar-refractivity contribution in [1.29, 1.82) is 0 Å². The summed E-state index contributed by atoms with van der Waals surface area (Å²) in [7, 11) is 0. The zero-order chi connectivity index (χ0) is 8.72. The Morgan fingerprint density at radius 3 is 2.92 bits per heavy atom. The molecule has 0 saturated heterocycles. The normalized spacial score (nSPS) is 13.7. The van der Waals surface area contributed by atoms with Crippen molar-refractivity contribution in [2.75, 3.05) is 0 Å². The first-order chi connectivity index (χ1) is 5.66. The molecule has 1 heterocycles. The Labute approximate surface area is 72.0 Å². The average molecular weight is 184 g/mol. The molecule has 0 saturated carbocycles. The number of hydrogen-bond acceptors (Lipinski definition) is 1. The van der Waals surface area contributed by atoms with E-state index >= 15 is 0 Å². The molecule has 1 aromatic rings. The molecule has 2 nitrogen and oxygen atoms in total. The van der Waals surface area contributed by atoms with Gasteiger partial charge in [0, 0.05) is 11.3 Å². The lowest BCUT2D eigenvalue weighted by Crippen LogP contribution is -2.21. The predicted octanol–water partition coefficient (Wildman–Crippen LogP) is 0.419. The van der Waals surface area contributed by atoms with Crippen molar-refractivity contribution < 1.29 is 9.18 Å². The van der Waals surface area contributed by atoms with Gasteiger partial charge in [-0.2, -0.15) is 0 Å². The average Bonchev–Trinajstić information content (AvgIpc) is 2.30. The van der Waals surface area contributed by atoms with E-state index in [1.54, 1.807) is 0 Å². The molecule has 1 aromatic carbocycles. The third kappa shape index (κ3) is 1.02. The maximum atomic E-state index is 12.8. The summed E-state index contributed by atoms with van der Waals surface area (Å²) in [5.41, 5.74) is 0. The van der Waals surface area contributed by atoms with Crippen molar-refractivity contribution in [3.05, 3.63) is 33.5 Å². The van der Waals surface area contributed by atoms with Crippen LogP contribution in [0.5, 0.6) is 0 Å². The third-order valence-corrected chi connectivity index (χ3v) is 1.87. The van der Waals surface area contributed by atoms with Crippen molar-refractivity contribution in [2.24, 2.45) is 4.99 Å². The largest absolute Gasteiger partial charge is 0.270 e. The SMILES string of the molecule is O=C1C=c2cc(F)c(Cl)cc2=N1. The second-order valence-electron chi connectivity index (χ2n) is 2.42. The smallest absolute Gasteiger partial charge is 0.267 e. The van der Waals surface area contributed by atoms with Gasteiger partial charge < -0.3 is 0 Å². The third-order valence-electron chi connectivity index (χ3n) is 1.58. The summed E-state index contributed by atoms with van der Waals surface area (Å²) >= 11 is 5.48. The molecule has 4 heteroatoms. The summed E-state index contributed by atoms with van der Waals surface area (Å²) in [5.74, 6) is -0.900. The lowest BCUT2D eigenvalue weighted by atomic mass is 10.3. The molecule has 0 aliphatic carbocycles. The van der Waals surface area contributed by atoms with Gasteiger partial charge in [0.05, 0.1) is 10.4 Å². The Bertz CT molecular complexity index is 438. The van der Waals surface area contributed by atoms with Gasteiger partial charge in [-0.1, -0.05) is 11.6 Å². The van der Waals surface area contributed by atoms with Crippen LogP contribution in [-0.4, -0.2) is 5.91 Å². The van der Waals surface area contributed by atoms with Crippen molar-refractivity contribution in [2.45, 2.75) is 0 Å². The number of nitrogens with zero attached hydrogens (tertiary/aromatic N) is 1. The molecule has 2 rings (SSSR count). The predicted molar refractivity (Wildman–Crippen MR) is 41.7 cm³/mol. The standard InChI is InChI=1S/C8H3ClFNO/c9-5-3-7-4(1-6(5)10)2-8(12)11-7/h1-3H. The molecular formula is C8H3ClFNO. The van der Waals surface area contributed by atoms with Crippen LogP contribution in [0.25, 0.3) is 6.08 Å². The molecule has 60 valence electrons. The summed E-state index contributed by atoms with van der Waals surface area (Å²) in [6.45, 7) is 0. The summed E-state index contributed by atoms with van der Waals surface area (Å²) in [5, 5.41) is 0.911. The van der Waals surface area contributed by atoms with E-state index in [0.29, 0.717) is 10.6 Å². The second-order valence-corrected chi connectivity index (χ2v) is 2.83. The van der Waals surface area contributed by atoms with E-state index < -0.39 is 5.82 Å². The molecule has 12 heavy (non-hydrogen) atoms. The number of carbonyl (C=O) groups excluding carboxylic acids is 1. The van der Waals surface area contributed by atoms with E-state index in [9.17, 15) is 9.18 Å². The molecule has 1 aliphatic heterocycles. The molecule has 0 aromatic heterocycles. The first-order valence-electron chi connectivity index (χ1n) is 3.26. The molecule has 0 spiro atoms. The highest BCUT2D eigenvalue weighted by Crippen LogP contribution is 2.08. The molecule has 1 amide bonds. The van der Waals surface area contributed by atoms with Crippen LogP contribution in [0.3, 0.4) is 0 Å². The fraction of sp³-hybridized carbons (Fsp3) is 0. The summed E-state index contributed by atoms with van der Waals surface area (Å²) in [4.78, 5) is 14.3. The van der Waals surface area contributed by atoms with E-state index in [1.807, 2.05) is 0 Å². The topological polar surface area (TPSA) is 29.4 Å². The highest BCUT2D eigenvalue weighted by Gasteiger charge is 2.06. The molecular weight excluding hydrogens is 181 g/mol. The van der Waals surface area contributed by atoms with Crippen LogP contribution in [0.4, 0.5) is 4.39 Å². The minimum Gasteiger partial charge on any atom is -0.267 e. The number of benzene rings is 1. The highest BCUT2D eigenvalue weighted by atomic mass is 35.5. The van der Waals surface area contributed by atoms with Crippen molar-refractivity contribution >= 4 is 23.6 Å². The Morgan fingerprint density at radius 2 is 2.17 bits per heavy atom. The van der Waals surface area contributed by atoms with Gasteiger partial charge in [0.25, 0.3) is 5.91 Å². The monoisotopic (exact) mass is 183 g/mol. The van der Waals surface area contributed by atoms with Crippen molar-refractivity contribution in [3.8, 4) is 0 Å². The number of halogens is 2. The van der Waals surface area contributed by atoms with E-state index in [0.717, 1.165) is 0 Å². The molecule has 0 atom stereocenters. The van der Waals surface area contributed by atoms with Gasteiger partial charge in [0.2, 0.25) is 0 Å². The summed E-state index contributed by atoms with van der Waals surface area (Å²) in [6.07, 6.45) is 1.27. The first-order valence-corrected chi connectivity index (χ1v) is 3.64. The lowest BCUT2D eigenvalue weighted by molar-refractivity contribution is -0.112. The van der Waals surface area contributed by atoms with Crippen LogP contribution < -0.4 is 10.6 Å². The fourth-order valence-electron chi connectivity index (χ4n) is 1.05. The van der Waals surface area contributed by atoms with Crippen LogP contribution in [0, 0.1) is 5.82 Å². The quantitative estimate of drug-likeness (QED) is 0.573. The Kier molecular flexibility index (Phi) is 1.48. The van der Waals surface area contributed by atoms with Gasteiger partial charge in [-0.25, -0.2) is 9.38 Å². The number of hydrogen-bond donors (Lipinski definition) is 0. The number of fused-ring (bicyclic) bond motifs is 1. The number of carbonyl (C=O) groups is 1. The Hall–Kier alpha value is -1.22. The first kappa shape index (κ1) is 7.43. The molecule has 0 N–H and O–H groups in total. The maximum absolute atomic E-state index is 12.8. The fourth-order valence-corrected chi connectivity index (χ4v) is 1.21. The Balaban J connectivity index is 2.89. The lowest BCUT2D eigenvalue weighted by Gasteiger charge is -1.89. The molecule has 0 radical (unpaired) electrons. The molecule has 0 bridgehead atoms. The van der Waals surface area contributed by atoms with Gasteiger partial charge in [0.15, 0.2) is 0 Å². The van der Waals surface area contributed by atoms with Crippen molar-refractivity contribution in [1.82, 2.24) is 0 Å². The van der Waals surface area contributed by atoms with Gasteiger partial charge in [-0.05, 0) is 12.1 Å². The van der Waals surface area contributed by atoms with Gasteiger partial charge in [-0.15, -0.1) is 0 Å². The summed E-state index contributed by atoms with van der Waals surface area (Å²) < 4.78 is 12.8. The van der Waals surface area contributed by atoms with Crippen LogP contribution in [0.15, 0.2) is 17.1 Å². The minimum absolute atomic E-state index is 0.0133. The van der Waals surface area contributed by atoms with Gasteiger partial charge in [0.1, 0.15) is 5.82 Å². The van der Waals surface area contributed by atoms with Crippen LogP contribution in [-0.2, 0) is 4.79 Å². The second kappa shape index (κ2) is 2.38. The molecule has 1 aliphatic rings. The van der Waals surface area contributed by atoms with E-state index in [4.69, 9.17) is 11.6 Å². The molecule has 0 unspecified atom stereocenters. The number of amides is 1. The van der Waals surface area contributed by atoms with Crippen molar-refractivity contribution in [3.63, 3.8) is 0 Å². The van der Waals surface area contributed by atoms with E-state index in [1.165, 1.54) is 18.2 Å². The van der Waals surface area contributed by atoms with Gasteiger partial charge >= 0.3 is 0 Å². The zero-order valence-corrected chi connectivity index (χ0v) is 6.60. The minimum atomic E-state index is -0.531. The Morgan fingerprint density at radius 1 is 1.42 bits per heavy atom. The summed E-state index contributed by atoms with van der Waals surface area (Å²) in [6, 6.07) is 2.54. The van der Waals surface area contributed by atoms with Crippen LogP contribution in [0.1, 0.15) is 0 Å². The zero-order valence-electron chi connectivity index (χ0n) is 5.84. The highest BCUT2D eigenvalue weighted by molar-refractivity contribution is 6.30. The van der Waals surface area contributed by atoms with Crippen LogP contribution >= 0.6 is 11.6 Å². The molecule has 0 fully saturated rings. The van der Waals surface area contributed by atoms with E-state index in [-0.39, 0.29) is 10.9 Å². The van der Waals surface area contributed by atoms with Gasteiger partial charge in [-0.3, -0.25) is 4.79 Å². The number of rotatable bonds is 0. The van der Waals surface area contributed by atoms with E-state index in [2.05, 4.69) is 4.99 Å². The van der Waals surface area contributed by atoms with Crippen LogP contribution in [0.2, 0.25) is 5.02 Å². The maximum Gasteiger partial charge on any atom is 0.270 e.